The molecule has 0 radical (unpaired) electrons. The van der Waals surface area contributed by atoms with Crippen molar-refractivity contribution in [2.45, 2.75) is 63.5 Å². The topological polar surface area (TPSA) is 281 Å². The normalized spacial score (nSPS) is 19.1. The highest BCUT2D eigenvalue weighted by Gasteiger charge is 2.48. The predicted molar refractivity (Wildman–Crippen MR) is 214 cm³/mol. The zero-order chi connectivity index (χ0) is 44.3. The van der Waals surface area contributed by atoms with E-state index in [9.17, 15) is 49.2 Å². The third-order valence-electron chi connectivity index (χ3n) is 9.78. The summed E-state index contributed by atoms with van der Waals surface area (Å²) in [7, 11) is 0. The van der Waals surface area contributed by atoms with E-state index in [1.807, 2.05) is 0 Å². The molecule has 0 saturated carbocycles. The molecule has 6 N–H and O–H groups in total. The lowest BCUT2D eigenvalue weighted by Gasteiger charge is -2.38. The molecule has 20 nitrogen and oxygen atoms in total. The average Bonchev–Trinajstić information content (AvgIpc) is 3.65. The number of hydrogen-bond acceptors (Lipinski definition) is 16. The molecule has 20 heteroatoms. The first-order valence-electron chi connectivity index (χ1n) is 19.7. The van der Waals surface area contributed by atoms with Gasteiger partial charge in [0.2, 0.25) is 18.1 Å². The van der Waals surface area contributed by atoms with E-state index in [2.05, 4.69) is 15.7 Å². The van der Waals surface area contributed by atoms with Gasteiger partial charge in [0.25, 0.3) is 0 Å². The molecule has 0 spiro atoms. The smallest absolute Gasteiger partial charge is 0.435 e. The molecule has 5 atom stereocenters. The number of anilines is 1. The van der Waals surface area contributed by atoms with Gasteiger partial charge in [-0.25, -0.2) is 9.59 Å². The van der Waals surface area contributed by atoms with Crippen LogP contribution in [0.1, 0.15) is 47.7 Å². The SMILES string of the molecule is CC(=O)CCOCCOCCOCCC(=O)NCCC(=O)Nc1cc(COC(=O)n2nc3c4c(cccc42)C(=O)c2ccccc2-3)ccc1O[C@@H]1O[C@H](C(=O)O)[C@@H](O)[C@H](O)[C@H]1O. The summed E-state index contributed by atoms with van der Waals surface area (Å²) in [6.07, 6.45) is -10.4. The minimum Gasteiger partial charge on any atom is -0.479 e. The van der Waals surface area contributed by atoms with Crippen molar-refractivity contribution in [3.8, 4) is 17.0 Å². The molecule has 0 bridgehead atoms. The van der Waals surface area contributed by atoms with Crippen molar-refractivity contribution in [3.05, 3.63) is 77.4 Å². The molecule has 62 heavy (non-hydrogen) atoms. The fraction of sp³-hybridized carbons (Fsp3) is 0.405. The van der Waals surface area contributed by atoms with Crippen molar-refractivity contribution in [1.29, 1.82) is 0 Å². The Morgan fingerprint density at radius 3 is 2.16 bits per heavy atom. The first kappa shape index (κ1) is 45.4. The minimum absolute atomic E-state index is 0.0122. The van der Waals surface area contributed by atoms with Crippen LogP contribution in [0, 0.1) is 0 Å². The van der Waals surface area contributed by atoms with Gasteiger partial charge < -0.3 is 59.5 Å². The van der Waals surface area contributed by atoms with Crippen molar-refractivity contribution in [2.75, 3.05) is 51.5 Å². The van der Waals surface area contributed by atoms with E-state index in [-0.39, 0.29) is 74.7 Å². The van der Waals surface area contributed by atoms with Crippen LogP contribution in [0.25, 0.3) is 22.2 Å². The number of aliphatic hydroxyl groups excluding tert-OH is 3. The standard InChI is InChI=1S/C42H46N4O16/c1-23(47)12-15-57-17-19-59-20-18-58-16-13-31(48)43-14-11-32(49)44-28-21-24(9-10-30(28)61-41-38(53)36(51)37(52)39(62-41)40(54)55)22-60-42(56)46-29-8-4-7-27-33(29)34(45-46)25-5-2-3-6-26(25)35(27)50/h2-10,21,36-39,41,51-53H,11-20,22H2,1H3,(H,43,48)(H,44,49)(H,54,55)/t36-,37-,38+,39-,41+/m0/s1. The van der Waals surface area contributed by atoms with Gasteiger partial charge in [-0.2, -0.15) is 9.78 Å². The van der Waals surface area contributed by atoms with Gasteiger partial charge in [0.1, 0.15) is 42.1 Å². The van der Waals surface area contributed by atoms with Crippen LogP contribution in [0.2, 0.25) is 0 Å². The number of carbonyl (C=O) groups excluding carboxylic acids is 5. The lowest BCUT2D eigenvalue weighted by Crippen LogP contribution is -2.61. The third-order valence-corrected chi connectivity index (χ3v) is 9.78. The number of nitrogens with one attached hydrogen (secondary N) is 2. The molecule has 2 amide bonds. The van der Waals surface area contributed by atoms with Crippen LogP contribution < -0.4 is 15.4 Å². The van der Waals surface area contributed by atoms with Crippen molar-refractivity contribution in [3.63, 3.8) is 0 Å². The van der Waals surface area contributed by atoms with Gasteiger partial charge >= 0.3 is 12.1 Å². The van der Waals surface area contributed by atoms with Crippen LogP contribution in [-0.2, 0) is 49.5 Å². The fourth-order valence-corrected chi connectivity index (χ4v) is 6.61. The van der Waals surface area contributed by atoms with Crippen LogP contribution in [0.3, 0.4) is 0 Å². The van der Waals surface area contributed by atoms with Crippen LogP contribution in [0.4, 0.5) is 10.5 Å². The van der Waals surface area contributed by atoms with Crippen LogP contribution in [0.15, 0.2) is 60.7 Å². The number of benzene rings is 3. The van der Waals surface area contributed by atoms with E-state index in [1.165, 1.54) is 25.1 Å². The molecule has 1 fully saturated rings. The van der Waals surface area contributed by atoms with Gasteiger partial charge in [-0.3, -0.25) is 19.2 Å². The zero-order valence-corrected chi connectivity index (χ0v) is 33.5. The van der Waals surface area contributed by atoms with Crippen LogP contribution in [-0.4, -0.2) is 143 Å². The van der Waals surface area contributed by atoms with Gasteiger partial charge in [0, 0.05) is 47.9 Å². The molecule has 1 saturated heterocycles. The Morgan fingerprint density at radius 1 is 0.774 bits per heavy atom. The van der Waals surface area contributed by atoms with Crippen molar-refractivity contribution in [2.24, 2.45) is 0 Å². The molecule has 2 aliphatic rings. The summed E-state index contributed by atoms with van der Waals surface area (Å²) in [4.78, 5) is 74.8. The monoisotopic (exact) mass is 862 g/mol. The largest absolute Gasteiger partial charge is 0.479 e. The number of ketones is 2. The van der Waals surface area contributed by atoms with Gasteiger partial charge in [0.05, 0.1) is 50.8 Å². The Balaban J connectivity index is 1.06. The van der Waals surface area contributed by atoms with Gasteiger partial charge in [0.15, 0.2) is 11.9 Å². The number of hydrogen-bond donors (Lipinski definition) is 6. The second-order valence-corrected chi connectivity index (χ2v) is 14.3. The third kappa shape index (κ3) is 11.0. The number of fused-ring (bicyclic) bond motifs is 2. The quantitative estimate of drug-likeness (QED) is 0.0571. The number of nitrogens with zero attached hydrogens (tertiary/aromatic N) is 2. The van der Waals surface area contributed by atoms with E-state index >= 15 is 0 Å². The number of aliphatic hydroxyl groups is 3. The van der Waals surface area contributed by atoms with E-state index in [0.717, 1.165) is 4.68 Å². The molecule has 2 heterocycles. The molecule has 330 valence electrons. The maximum absolute atomic E-state index is 13.5. The maximum atomic E-state index is 13.5. The second-order valence-electron chi connectivity index (χ2n) is 14.3. The molecular formula is C42H46N4O16. The molecule has 1 aromatic heterocycles. The number of amides is 2. The Morgan fingerprint density at radius 2 is 1.45 bits per heavy atom. The summed E-state index contributed by atoms with van der Waals surface area (Å²) in [5, 5.41) is 50.7. The van der Waals surface area contributed by atoms with Crippen molar-refractivity contribution in [1.82, 2.24) is 15.1 Å². The lowest BCUT2D eigenvalue weighted by molar-refractivity contribution is -0.271. The highest BCUT2D eigenvalue weighted by molar-refractivity contribution is 6.25. The Kier molecular flexibility index (Phi) is 15.5. The summed E-state index contributed by atoms with van der Waals surface area (Å²) in [5.74, 6) is -2.94. The van der Waals surface area contributed by atoms with Gasteiger partial charge in [-0.15, -0.1) is 0 Å². The highest BCUT2D eigenvalue weighted by Crippen LogP contribution is 2.39. The van der Waals surface area contributed by atoms with Crippen LogP contribution in [0.5, 0.6) is 5.75 Å². The summed E-state index contributed by atoms with van der Waals surface area (Å²) in [5.41, 5.74) is 2.48. The first-order chi connectivity index (χ1) is 29.8. The Labute approximate surface area is 353 Å². The number of rotatable bonds is 21. The Hall–Kier alpha value is -6.13. The minimum atomic E-state index is -1.97. The number of Topliss-reactive ketones (excluding diaryl/α,β-unsaturated/α-hetero) is 1. The molecule has 3 aromatic carbocycles. The van der Waals surface area contributed by atoms with Gasteiger partial charge in [-0.1, -0.05) is 42.5 Å². The van der Waals surface area contributed by atoms with Crippen molar-refractivity contribution < 1.29 is 77.6 Å². The molecular weight excluding hydrogens is 816 g/mol. The van der Waals surface area contributed by atoms with E-state index in [4.69, 9.17) is 28.4 Å². The van der Waals surface area contributed by atoms with E-state index in [1.54, 1.807) is 42.5 Å². The summed E-state index contributed by atoms with van der Waals surface area (Å²) >= 11 is 0. The van der Waals surface area contributed by atoms with Crippen molar-refractivity contribution >= 4 is 52.0 Å². The number of carboxylic acids is 1. The zero-order valence-electron chi connectivity index (χ0n) is 33.5. The van der Waals surface area contributed by atoms with E-state index in [0.29, 0.717) is 65.1 Å². The van der Waals surface area contributed by atoms with Crippen LogP contribution >= 0.6 is 0 Å². The molecule has 1 aliphatic carbocycles. The second kappa shape index (κ2) is 21.1. The number of aromatic nitrogens is 2. The van der Waals surface area contributed by atoms with Gasteiger partial charge in [-0.05, 0) is 30.7 Å². The first-order valence-corrected chi connectivity index (χ1v) is 19.7. The number of carboxylic acid groups (broad SMARTS) is 1. The lowest BCUT2D eigenvalue weighted by atomic mass is 9.87. The number of ether oxygens (including phenoxy) is 6. The number of aliphatic carboxylic acids is 1. The maximum Gasteiger partial charge on any atom is 0.435 e. The fourth-order valence-electron chi connectivity index (χ4n) is 6.61. The summed E-state index contributed by atoms with van der Waals surface area (Å²) < 4.78 is 33.7. The summed E-state index contributed by atoms with van der Waals surface area (Å²) in [6.45, 7) is 2.68. The highest BCUT2D eigenvalue weighted by atomic mass is 16.7. The molecule has 4 aromatic rings. The van der Waals surface area contributed by atoms with E-state index < -0.39 is 48.7 Å². The average molecular weight is 863 g/mol. The summed E-state index contributed by atoms with van der Waals surface area (Å²) in [6, 6.07) is 16.0. The molecule has 1 aliphatic heterocycles. The number of carbonyl (C=O) groups is 6. The Bertz CT molecular complexity index is 2300. The molecule has 0 unspecified atom stereocenters. The predicted octanol–water partition coefficient (Wildman–Crippen LogP) is 1.57. The molecule has 6 rings (SSSR count).